The molecule has 0 radical (unpaired) electrons. The van der Waals surface area contributed by atoms with Gasteiger partial charge in [-0.05, 0) is 38.2 Å². The molecule has 1 aliphatic heterocycles. The summed E-state index contributed by atoms with van der Waals surface area (Å²) in [6, 6.07) is 9.90. The van der Waals surface area contributed by atoms with Crippen LogP contribution in [0.25, 0.3) is 0 Å². The normalized spacial score (nSPS) is 14.9. The van der Waals surface area contributed by atoms with Crippen molar-refractivity contribution in [2.45, 2.75) is 52.1 Å². The van der Waals surface area contributed by atoms with Gasteiger partial charge in [0.05, 0.1) is 13.1 Å². The second kappa shape index (κ2) is 8.18. The highest BCUT2D eigenvalue weighted by Crippen LogP contribution is 2.30. The summed E-state index contributed by atoms with van der Waals surface area (Å²) in [6.07, 6.45) is 3.96. The van der Waals surface area contributed by atoms with E-state index >= 15 is 0 Å². The Morgan fingerprint density at radius 3 is 2.72 bits per heavy atom. The van der Waals surface area contributed by atoms with Crippen LogP contribution < -0.4 is 4.90 Å². The molecule has 32 heavy (non-hydrogen) atoms. The minimum absolute atomic E-state index is 0.0573. The molecule has 1 N–H and O–H groups in total. The average Bonchev–Trinajstić information content (AvgIpc) is 3.40. The van der Waals surface area contributed by atoms with E-state index in [2.05, 4.69) is 15.2 Å². The maximum Gasteiger partial charge on any atom is 0.274 e. The van der Waals surface area contributed by atoms with Crippen LogP contribution in [0.5, 0.6) is 0 Å². The lowest BCUT2D eigenvalue weighted by Crippen LogP contribution is -2.37. The summed E-state index contributed by atoms with van der Waals surface area (Å²) >= 11 is 0. The molecule has 164 valence electrons. The molecular weight excluding hydrogens is 404 g/mol. The van der Waals surface area contributed by atoms with Gasteiger partial charge in [-0.25, -0.2) is 9.97 Å². The summed E-state index contributed by atoms with van der Waals surface area (Å²) in [5, 5.41) is 7.24. The molecule has 8 heteroatoms. The van der Waals surface area contributed by atoms with Crippen LogP contribution in [0.15, 0.2) is 30.3 Å². The lowest BCUT2D eigenvalue weighted by atomic mass is 10.0. The number of rotatable bonds is 5. The van der Waals surface area contributed by atoms with E-state index in [4.69, 9.17) is 4.98 Å². The zero-order valence-electron chi connectivity index (χ0n) is 18.4. The number of hydrogen-bond acceptors (Lipinski definition) is 5. The number of anilines is 1. The maximum atomic E-state index is 13.0. The third-order valence-electron chi connectivity index (χ3n) is 6.30. The molecular formula is C24H26N6O2. The number of amides is 2. The minimum Gasteiger partial charge on any atom is -0.333 e. The second-order valence-electron chi connectivity index (χ2n) is 8.54. The number of H-pyrrole nitrogens is 1. The maximum absolute atomic E-state index is 13.0. The first-order valence-electron chi connectivity index (χ1n) is 11.0. The molecule has 0 unspecified atom stereocenters. The van der Waals surface area contributed by atoms with Crippen LogP contribution in [0.1, 0.15) is 57.2 Å². The average molecular weight is 431 g/mol. The van der Waals surface area contributed by atoms with Crippen molar-refractivity contribution in [1.82, 2.24) is 25.1 Å². The third kappa shape index (κ3) is 3.66. The standard InChI is InChI=1S/C24H26N6O2/c1-15-17-11-12-21(31)30(13-16-7-4-3-5-8-16)23(17)26-20(25-15)14-29(2)24(32)22-18-9-6-10-19(18)27-28-22/h3-5,7-8H,6,9-14H2,1-2H3,(H,27,28). The van der Waals surface area contributed by atoms with E-state index in [0.29, 0.717) is 36.7 Å². The van der Waals surface area contributed by atoms with Gasteiger partial charge >= 0.3 is 0 Å². The second-order valence-corrected chi connectivity index (χ2v) is 8.54. The molecule has 2 amide bonds. The van der Waals surface area contributed by atoms with E-state index in [1.54, 1.807) is 16.8 Å². The lowest BCUT2D eigenvalue weighted by Gasteiger charge is -2.30. The van der Waals surface area contributed by atoms with E-state index in [-0.39, 0.29) is 18.4 Å². The van der Waals surface area contributed by atoms with Gasteiger partial charge in [0.25, 0.3) is 5.91 Å². The van der Waals surface area contributed by atoms with Crippen LogP contribution in [0.4, 0.5) is 5.82 Å². The fourth-order valence-electron chi connectivity index (χ4n) is 4.60. The molecule has 5 rings (SSSR count). The smallest absolute Gasteiger partial charge is 0.274 e. The lowest BCUT2D eigenvalue weighted by molar-refractivity contribution is -0.119. The predicted molar refractivity (Wildman–Crippen MR) is 119 cm³/mol. The number of aromatic nitrogens is 4. The topological polar surface area (TPSA) is 95.1 Å². The van der Waals surface area contributed by atoms with E-state index < -0.39 is 0 Å². The first kappa shape index (κ1) is 20.4. The van der Waals surface area contributed by atoms with Gasteiger partial charge in [0, 0.05) is 36.0 Å². The Bertz CT molecular complexity index is 1190. The van der Waals surface area contributed by atoms with Crippen molar-refractivity contribution in [2.75, 3.05) is 11.9 Å². The zero-order valence-corrected chi connectivity index (χ0v) is 18.4. The van der Waals surface area contributed by atoms with Crippen LogP contribution in [-0.4, -0.2) is 43.9 Å². The number of aryl methyl sites for hydroxylation is 2. The highest BCUT2D eigenvalue weighted by atomic mass is 16.2. The van der Waals surface area contributed by atoms with E-state index in [9.17, 15) is 9.59 Å². The summed E-state index contributed by atoms with van der Waals surface area (Å²) < 4.78 is 0. The SMILES string of the molecule is Cc1nc(CN(C)C(=O)c2n[nH]c3c2CCC3)nc2c1CCC(=O)N2Cc1ccccc1. The number of fused-ring (bicyclic) bond motifs is 2. The Hall–Kier alpha value is -3.55. The van der Waals surface area contributed by atoms with Crippen molar-refractivity contribution in [3.63, 3.8) is 0 Å². The molecule has 0 saturated heterocycles. The van der Waals surface area contributed by atoms with E-state index in [1.807, 2.05) is 37.3 Å². The van der Waals surface area contributed by atoms with Gasteiger partial charge in [0.15, 0.2) is 5.69 Å². The summed E-state index contributed by atoms with van der Waals surface area (Å²) in [4.78, 5) is 38.5. The van der Waals surface area contributed by atoms with Crippen LogP contribution in [0, 0.1) is 6.92 Å². The van der Waals surface area contributed by atoms with Gasteiger partial charge in [0.2, 0.25) is 5.91 Å². The number of benzene rings is 1. The van der Waals surface area contributed by atoms with Crippen molar-refractivity contribution < 1.29 is 9.59 Å². The van der Waals surface area contributed by atoms with Gasteiger partial charge < -0.3 is 4.90 Å². The van der Waals surface area contributed by atoms with Crippen LogP contribution in [-0.2, 0) is 37.1 Å². The molecule has 0 saturated carbocycles. The molecule has 3 aromatic rings. The molecule has 0 bridgehead atoms. The Balaban J connectivity index is 1.41. The molecule has 0 atom stereocenters. The van der Waals surface area contributed by atoms with Crippen molar-refractivity contribution in [3.8, 4) is 0 Å². The molecule has 0 spiro atoms. The molecule has 3 heterocycles. The molecule has 2 aliphatic rings. The number of aromatic amines is 1. The first-order valence-corrected chi connectivity index (χ1v) is 11.0. The first-order chi connectivity index (χ1) is 15.5. The highest BCUT2D eigenvalue weighted by Gasteiger charge is 2.29. The van der Waals surface area contributed by atoms with Crippen LogP contribution in [0.2, 0.25) is 0 Å². The third-order valence-corrected chi connectivity index (χ3v) is 6.30. The molecule has 1 aromatic carbocycles. The quantitative estimate of drug-likeness (QED) is 0.672. The van der Waals surface area contributed by atoms with Gasteiger partial charge in [-0.1, -0.05) is 30.3 Å². The molecule has 2 aromatic heterocycles. The predicted octanol–water partition coefficient (Wildman–Crippen LogP) is 2.75. The zero-order chi connectivity index (χ0) is 22.2. The van der Waals surface area contributed by atoms with Crippen molar-refractivity contribution in [1.29, 1.82) is 0 Å². The Kier molecular flexibility index (Phi) is 5.20. The van der Waals surface area contributed by atoms with Crippen LogP contribution in [0.3, 0.4) is 0 Å². The van der Waals surface area contributed by atoms with Gasteiger partial charge in [0.1, 0.15) is 11.6 Å². The summed E-state index contributed by atoms with van der Waals surface area (Å²) in [5.41, 5.74) is 5.50. The van der Waals surface area contributed by atoms with Crippen molar-refractivity contribution >= 4 is 17.6 Å². The fraction of sp³-hybridized carbons (Fsp3) is 0.375. The summed E-state index contributed by atoms with van der Waals surface area (Å²) in [7, 11) is 1.74. The number of carbonyl (C=O) groups excluding carboxylic acids is 2. The monoisotopic (exact) mass is 430 g/mol. The van der Waals surface area contributed by atoms with Gasteiger partial charge in [-0.3, -0.25) is 19.6 Å². The Morgan fingerprint density at radius 1 is 1.09 bits per heavy atom. The molecule has 8 nitrogen and oxygen atoms in total. The molecule has 0 fully saturated rings. The van der Waals surface area contributed by atoms with Gasteiger partial charge in [-0.15, -0.1) is 0 Å². The number of carbonyl (C=O) groups is 2. The highest BCUT2D eigenvalue weighted by molar-refractivity contribution is 5.95. The van der Waals surface area contributed by atoms with Crippen LogP contribution >= 0.6 is 0 Å². The van der Waals surface area contributed by atoms with Crippen molar-refractivity contribution in [2.24, 2.45) is 0 Å². The number of nitrogens with one attached hydrogen (secondary N) is 1. The number of hydrogen-bond donors (Lipinski definition) is 1. The van der Waals surface area contributed by atoms with Crippen molar-refractivity contribution in [3.05, 3.63) is 69.9 Å². The summed E-state index contributed by atoms with van der Waals surface area (Å²) in [6.45, 7) is 2.67. The van der Waals surface area contributed by atoms with E-state index in [1.165, 1.54) is 0 Å². The largest absolute Gasteiger partial charge is 0.333 e. The number of nitrogens with zero attached hydrogens (tertiary/aromatic N) is 5. The van der Waals surface area contributed by atoms with Gasteiger partial charge in [-0.2, -0.15) is 5.10 Å². The molecule has 1 aliphatic carbocycles. The fourth-order valence-corrected chi connectivity index (χ4v) is 4.60. The summed E-state index contributed by atoms with van der Waals surface area (Å²) in [5.74, 6) is 1.11. The Labute approximate surface area is 186 Å². The minimum atomic E-state index is -0.138. The van der Waals surface area contributed by atoms with E-state index in [0.717, 1.165) is 47.3 Å². The Morgan fingerprint density at radius 2 is 1.91 bits per heavy atom.